The Morgan fingerprint density at radius 1 is 1.32 bits per heavy atom. The number of fused-ring (bicyclic) bond motifs is 1. The Bertz CT molecular complexity index is 886. The van der Waals surface area contributed by atoms with E-state index in [1.165, 1.54) is 11.1 Å². The van der Waals surface area contributed by atoms with E-state index in [1.54, 1.807) is 0 Å². The second-order valence-corrected chi connectivity index (χ2v) is 8.68. The van der Waals surface area contributed by atoms with Gasteiger partial charge in [-0.1, -0.05) is 13.0 Å². The second kappa shape index (κ2) is 8.26. The molecular formula is C23H31N3O2. The van der Waals surface area contributed by atoms with E-state index in [9.17, 15) is 10.1 Å². The van der Waals surface area contributed by atoms with Crippen molar-refractivity contribution < 1.29 is 9.53 Å². The third-order valence-electron chi connectivity index (χ3n) is 5.31. The summed E-state index contributed by atoms with van der Waals surface area (Å²) in [4.78, 5) is 14.4. The Hall–Kier alpha value is -2.48. The Labute approximate surface area is 167 Å². The Balaban J connectivity index is 1.76. The molecule has 1 atom stereocenters. The molecule has 2 aromatic rings. The third kappa shape index (κ3) is 4.49. The van der Waals surface area contributed by atoms with E-state index in [1.807, 2.05) is 43.9 Å². The lowest BCUT2D eigenvalue weighted by Crippen LogP contribution is -2.40. The maximum Gasteiger partial charge on any atom is 0.410 e. The maximum absolute atomic E-state index is 12.5. The summed E-state index contributed by atoms with van der Waals surface area (Å²) in [5.41, 5.74) is 2.65. The molecule has 1 saturated heterocycles. The van der Waals surface area contributed by atoms with Gasteiger partial charge in [-0.2, -0.15) is 5.26 Å². The number of hydrogen-bond donors (Lipinski definition) is 0. The molecule has 1 amide bonds. The highest BCUT2D eigenvalue weighted by molar-refractivity contribution is 5.82. The van der Waals surface area contributed by atoms with Crippen LogP contribution >= 0.6 is 0 Å². The van der Waals surface area contributed by atoms with Crippen molar-refractivity contribution in [2.75, 3.05) is 6.54 Å². The molecule has 5 nitrogen and oxygen atoms in total. The SMILES string of the molecule is CCCn1c(CC[C@@H]2CCCN2C(=O)OC(C)(C)C)cc2ccc(C#N)cc21. The molecule has 0 aliphatic carbocycles. The topological polar surface area (TPSA) is 58.3 Å². The van der Waals surface area contributed by atoms with Gasteiger partial charge in [0.15, 0.2) is 0 Å². The van der Waals surface area contributed by atoms with Crippen LogP contribution in [0.3, 0.4) is 0 Å². The quantitative estimate of drug-likeness (QED) is 0.710. The van der Waals surface area contributed by atoms with Gasteiger partial charge in [0.1, 0.15) is 5.60 Å². The molecule has 1 aliphatic rings. The molecule has 28 heavy (non-hydrogen) atoms. The summed E-state index contributed by atoms with van der Waals surface area (Å²) < 4.78 is 7.93. The fraction of sp³-hybridized carbons (Fsp3) is 0.565. The fourth-order valence-electron chi connectivity index (χ4n) is 4.09. The van der Waals surface area contributed by atoms with Crippen LogP contribution in [0.5, 0.6) is 0 Å². The van der Waals surface area contributed by atoms with Crippen LogP contribution in [0.1, 0.15) is 64.6 Å². The number of benzene rings is 1. The van der Waals surface area contributed by atoms with E-state index in [4.69, 9.17) is 4.74 Å². The first kappa shape index (κ1) is 20.3. The Morgan fingerprint density at radius 2 is 2.11 bits per heavy atom. The van der Waals surface area contributed by atoms with Crippen molar-refractivity contribution in [2.24, 2.45) is 0 Å². The predicted octanol–water partition coefficient (Wildman–Crippen LogP) is 5.26. The number of rotatable bonds is 5. The molecule has 1 aromatic heterocycles. The van der Waals surface area contributed by atoms with Crippen molar-refractivity contribution in [2.45, 2.75) is 78.0 Å². The zero-order valence-electron chi connectivity index (χ0n) is 17.5. The standard InChI is InChI=1S/C23H31N3O2/c1-5-12-25-20(15-18-9-8-17(16-24)14-21(18)25)11-10-19-7-6-13-26(19)22(27)28-23(2,3)4/h8-9,14-15,19H,5-7,10-13H2,1-4H3/t19-/m0/s1. The highest BCUT2D eigenvalue weighted by Gasteiger charge is 2.32. The number of amides is 1. The van der Waals surface area contributed by atoms with Crippen LogP contribution in [-0.4, -0.2) is 33.7 Å². The number of likely N-dealkylation sites (tertiary alicyclic amines) is 1. The van der Waals surface area contributed by atoms with Crippen molar-refractivity contribution in [3.63, 3.8) is 0 Å². The first-order valence-electron chi connectivity index (χ1n) is 10.3. The molecule has 1 aromatic carbocycles. The number of ether oxygens (including phenoxy) is 1. The second-order valence-electron chi connectivity index (χ2n) is 8.68. The van der Waals surface area contributed by atoms with Gasteiger partial charge in [-0.25, -0.2) is 4.79 Å². The van der Waals surface area contributed by atoms with Gasteiger partial charge in [-0.3, -0.25) is 0 Å². The van der Waals surface area contributed by atoms with Crippen molar-refractivity contribution in [3.05, 3.63) is 35.5 Å². The van der Waals surface area contributed by atoms with Crippen molar-refractivity contribution in [1.82, 2.24) is 9.47 Å². The van der Waals surface area contributed by atoms with E-state index in [0.29, 0.717) is 5.56 Å². The number of carbonyl (C=O) groups is 1. The van der Waals surface area contributed by atoms with Crippen molar-refractivity contribution in [3.8, 4) is 6.07 Å². The molecule has 3 rings (SSSR count). The lowest BCUT2D eigenvalue weighted by atomic mass is 10.1. The molecule has 0 bridgehead atoms. The summed E-state index contributed by atoms with van der Waals surface area (Å²) in [5, 5.41) is 10.4. The molecule has 0 saturated carbocycles. The van der Waals surface area contributed by atoms with Gasteiger partial charge in [0.25, 0.3) is 0 Å². The van der Waals surface area contributed by atoms with E-state index in [2.05, 4.69) is 23.6 Å². The van der Waals surface area contributed by atoms with Gasteiger partial charge in [-0.15, -0.1) is 0 Å². The minimum atomic E-state index is -0.462. The number of nitriles is 1. The first-order valence-corrected chi connectivity index (χ1v) is 10.3. The van der Waals surface area contributed by atoms with Gasteiger partial charge < -0.3 is 14.2 Å². The number of aromatic nitrogens is 1. The average molecular weight is 382 g/mol. The molecule has 5 heteroatoms. The molecule has 0 spiro atoms. The van der Waals surface area contributed by atoms with E-state index in [-0.39, 0.29) is 12.1 Å². The lowest BCUT2D eigenvalue weighted by molar-refractivity contribution is 0.0220. The van der Waals surface area contributed by atoms with Crippen molar-refractivity contribution >= 4 is 17.0 Å². The monoisotopic (exact) mass is 381 g/mol. The molecule has 0 unspecified atom stereocenters. The maximum atomic E-state index is 12.5. The largest absolute Gasteiger partial charge is 0.444 e. The fourth-order valence-corrected chi connectivity index (χ4v) is 4.09. The summed E-state index contributed by atoms with van der Waals surface area (Å²) in [7, 11) is 0. The highest BCUT2D eigenvalue weighted by atomic mass is 16.6. The van der Waals surface area contributed by atoms with Crippen LogP contribution in [-0.2, 0) is 17.7 Å². The van der Waals surface area contributed by atoms with E-state index in [0.717, 1.165) is 50.7 Å². The van der Waals surface area contributed by atoms with Gasteiger partial charge in [0.05, 0.1) is 11.6 Å². The van der Waals surface area contributed by atoms with Gasteiger partial charge in [0.2, 0.25) is 0 Å². The predicted molar refractivity (Wildman–Crippen MR) is 111 cm³/mol. The molecule has 2 heterocycles. The zero-order valence-corrected chi connectivity index (χ0v) is 17.5. The lowest BCUT2D eigenvalue weighted by Gasteiger charge is -2.28. The average Bonchev–Trinajstić information content (AvgIpc) is 3.23. The van der Waals surface area contributed by atoms with Crippen LogP contribution in [0.4, 0.5) is 4.79 Å². The zero-order chi connectivity index (χ0) is 20.3. The Kier molecular flexibility index (Phi) is 5.98. The number of nitrogens with zero attached hydrogens (tertiary/aromatic N) is 3. The molecule has 1 aliphatic heterocycles. The molecule has 150 valence electrons. The van der Waals surface area contributed by atoms with E-state index < -0.39 is 5.60 Å². The van der Waals surface area contributed by atoms with Crippen LogP contribution in [0.25, 0.3) is 10.9 Å². The van der Waals surface area contributed by atoms with Gasteiger partial charge >= 0.3 is 6.09 Å². The summed E-state index contributed by atoms with van der Waals surface area (Å²) in [6, 6.07) is 10.6. The summed E-state index contributed by atoms with van der Waals surface area (Å²) in [6.07, 6.45) is 4.77. The molecule has 0 N–H and O–H groups in total. The Morgan fingerprint density at radius 3 is 2.79 bits per heavy atom. The van der Waals surface area contributed by atoms with Gasteiger partial charge in [-0.05, 0) is 76.5 Å². The smallest absolute Gasteiger partial charge is 0.410 e. The minimum Gasteiger partial charge on any atom is -0.444 e. The van der Waals surface area contributed by atoms with Crippen LogP contribution in [0.2, 0.25) is 0 Å². The first-order chi connectivity index (χ1) is 13.3. The number of aryl methyl sites for hydroxylation is 2. The molecular weight excluding hydrogens is 350 g/mol. The summed E-state index contributed by atoms with van der Waals surface area (Å²) >= 11 is 0. The summed E-state index contributed by atoms with van der Waals surface area (Å²) in [6.45, 7) is 9.63. The minimum absolute atomic E-state index is 0.192. The summed E-state index contributed by atoms with van der Waals surface area (Å²) in [5.74, 6) is 0. The molecule has 0 radical (unpaired) electrons. The third-order valence-corrected chi connectivity index (χ3v) is 5.31. The highest BCUT2D eigenvalue weighted by Crippen LogP contribution is 2.27. The number of hydrogen-bond acceptors (Lipinski definition) is 3. The van der Waals surface area contributed by atoms with Crippen molar-refractivity contribution in [1.29, 1.82) is 5.26 Å². The van der Waals surface area contributed by atoms with Crippen LogP contribution < -0.4 is 0 Å². The number of carbonyl (C=O) groups excluding carboxylic acids is 1. The van der Waals surface area contributed by atoms with Crippen LogP contribution in [0.15, 0.2) is 24.3 Å². The van der Waals surface area contributed by atoms with Crippen LogP contribution in [0, 0.1) is 11.3 Å². The van der Waals surface area contributed by atoms with E-state index >= 15 is 0 Å². The van der Waals surface area contributed by atoms with Gasteiger partial charge in [0, 0.05) is 30.3 Å². The molecule has 1 fully saturated rings. The normalized spacial score (nSPS) is 17.1.